The molecule has 0 spiro atoms. The number of carbonyl (C=O) groups is 1. The van der Waals surface area contributed by atoms with Crippen molar-refractivity contribution in [2.24, 2.45) is 0 Å². The molecule has 0 unspecified atom stereocenters. The van der Waals surface area contributed by atoms with E-state index in [4.69, 9.17) is 9.47 Å². The van der Waals surface area contributed by atoms with Crippen molar-refractivity contribution in [1.29, 1.82) is 0 Å². The van der Waals surface area contributed by atoms with Crippen LogP contribution in [0.4, 0.5) is 0 Å². The molecule has 0 bridgehead atoms. The fourth-order valence-electron chi connectivity index (χ4n) is 2.74. The summed E-state index contributed by atoms with van der Waals surface area (Å²) in [5.41, 5.74) is 3.76. The lowest BCUT2D eigenvalue weighted by molar-refractivity contribution is 0.0954. The Labute approximate surface area is 135 Å². The monoisotopic (exact) mass is 309 g/mol. The largest absolute Gasteiger partial charge is 0.493 e. The first-order valence-electron chi connectivity index (χ1n) is 7.53. The summed E-state index contributed by atoms with van der Waals surface area (Å²) in [5.74, 6) is 1.35. The van der Waals surface area contributed by atoms with E-state index < -0.39 is 0 Å². The highest BCUT2D eigenvalue weighted by atomic mass is 16.5. The summed E-state index contributed by atoms with van der Waals surface area (Å²) >= 11 is 0. The second-order valence-corrected chi connectivity index (χ2v) is 5.33. The second-order valence-electron chi connectivity index (χ2n) is 5.33. The van der Waals surface area contributed by atoms with Gasteiger partial charge in [0.2, 0.25) is 0 Å². The van der Waals surface area contributed by atoms with Crippen LogP contribution in [0.5, 0.6) is 11.5 Å². The molecule has 2 aromatic carbocycles. The molecule has 1 heterocycles. The predicted octanol–water partition coefficient (Wildman–Crippen LogP) is 3.16. The van der Waals surface area contributed by atoms with E-state index in [0.29, 0.717) is 23.6 Å². The Bertz CT molecular complexity index is 765. The fraction of sp³-hybridized carbons (Fsp3) is 0.211. The van der Waals surface area contributed by atoms with Crippen molar-refractivity contribution >= 4 is 18.1 Å². The fourth-order valence-corrected chi connectivity index (χ4v) is 2.74. The van der Waals surface area contributed by atoms with Crippen LogP contribution in [0.1, 0.15) is 27.0 Å². The summed E-state index contributed by atoms with van der Waals surface area (Å²) in [7, 11) is 3.25. The molecule has 4 nitrogen and oxygen atoms in total. The minimum absolute atomic E-state index is 0.0471. The van der Waals surface area contributed by atoms with Gasteiger partial charge in [-0.3, -0.25) is 4.79 Å². The lowest BCUT2D eigenvalue weighted by Crippen LogP contribution is -2.26. The molecule has 23 heavy (non-hydrogen) atoms. The zero-order valence-electron chi connectivity index (χ0n) is 13.3. The van der Waals surface area contributed by atoms with Crippen LogP contribution in [0, 0.1) is 0 Å². The van der Waals surface area contributed by atoms with Crippen LogP contribution in [0.15, 0.2) is 36.4 Å². The van der Waals surface area contributed by atoms with Gasteiger partial charge in [0.1, 0.15) is 0 Å². The first-order chi connectivity index (χ1) is 11.2. The normalized spacial score (nSPS) is 15.0. The van der Waals surface area contributed by atoms with Crippen molar-refractivity contribution in [3.8, 4) is 11.5 Å². The predicted molar refractivity (Wildman–Crippen MR) is 91.0 cm³/mol. The minimum Gasteiger partial charge on any atom is -0.493 e. The molecule has 1 aliphatic rings. The van der Waals surface area contributed by atoms with E-state index in [0.717, 1.165) is 23.1 Å². The van der Waals surface area contributed by atoms with E-state index >= 15 is 0 Å². The number of hydrogen-bond acceptors (Lipinski definition) is 3. The van der Waals surface area contributed by atoms with Crippen molar-refractivity contribution in [2.75, 3.05) is 20.8 Å². The Kier molecular flexibility index (Phi) is 4.33. The summed E-state index contributed by atoms with van der Waals surface area (Å²) < 4.78 is 10.8. The van der Waals surface area contributed by atoms with Gasteiger partial charge in [-0.05, 0) is 41.3 Å². The van der Waals surface area contributed by atoms with Gasteiger partial charge in [-0.15, -0.1) is 0 Å². The maximum atomic E-state index is 12.3. The number of methoxy groups -OCH3 is 2. The van der Waals surface area contributed by atoms with Gasteiger partial charge in [-0.25, -0.2) is 0 Å². The van der Waals surface area contributed by atoms with Gasteiger partial charge in [0.25, 0.3) is 5.91 Å². The molecule has 0 atom stereocenters. The second kappa shape index (κ2) is 6.57. The topological polar surface area (TPSA) is 47.6 Å². The Morgan fingerprint density at radius 3 is 2.43 bits per heavy atom. The Balaban J connectivity index is 2.11. The lowest BCUT2D eigenvalue weighted by atomic mass is 9.99. The molecule has 0 fully saturated rings. The van der Waals surface area contributed by atoms with Crippen LogP contribution < -0.4 is 14.8 Å². The smallest absolute Gasteiger partial charge is 0.251 e. The maximum absolute atomic E-state index is 12.3. The Morgan fingerprint density at radius 1 is 0.957 bits per heavy atom. The minimum atomic E-state index is -0.0471. The summed E-state index contributed by atoms with van der Waals surface area (Å²) in [6.07, 6.45) is 4.72. The molecular formula is C19H19NO3. The highest BCUT2D eigenvalue weighted by Crippen LogP contribution is 2.32. The maximum Gasteiger partial charge on any atom is 0.251 e. The average molecular weight is 309 g/mol. The first-order valence-corrected chi connectivity index (χ1v) is 7.53. The highest BCUT2D eigenvalue weighted by Gasteiger charge is 2.13. The Hall–Kier alpha value is -2.75. The number of fused-ring (bicyclic) bond motifs is 2. The van der Waals surface area contributed by atoms with Gasteiger partial charge >= 0.3 is 0 Å². The van der Waals surface area contributed by atoms with Gasteiger partial charge in [-0.1, -0.05) is 30.4 Å². The molecule has 4 heteroatoms. The van der Waals surface area contributed by atoms with Gasteiger partial charge in [0.15, 0.2) is 11.5 Å². The van der Waals surface area contributed by atoms with Crippen LogP contribution in [-0.2, 0) is 6.42 Å². The zero-order chi connectivity index (χ0) is 16.2. The molecular weight excluding hydrogens is 290 g/mol. The molecule has 1 aliphatic heterocycles. The van der Waals surface area contributed by atoms with E-state index in [2.05, 4.69) is 5.32 Å². The number of rotatable bonds is 2. The van der Waals surface area contributed by atoms with Crippen LogP contribution in [0.25, 0.3) is 12.2 Å². The third-order valence-corrected chi connectivity index (χ3v) is 3.97. The van der Waals surface area contributed by atoms with Crippen molar-refractivity contribution in [3.05, 3.63) is 58.7 Å². The van der Waals surface area contributed by atoms with E-state index in [1.165, 1.54) is 0 Å². The van der Waals surface area contributed by atoms with Gasteiger partial charge < -0.3 is 14.8 Å². The average Bonchev–Trinajstić information content (AvgIpc) is 2.59. The van der Waals surface area contributed by atoms with Crippen LogP contribution >= 0.6 is 0 Å². The molecule has 0 saturated heterocycles. The van der Waals surface area contributed by atoms with Crippen molar-refractivity contribution in [2.45, 2.75) is 6.42 Å². The third-order valence-electron chi connectivity index (χ3n) is 3.97. The van der Waals surface area contributed by atoms with Gasteiger partial charge in [0.05, 0.1) is 14.2 Å². The molecule has 0 aliphatic carbocycles. The Morgan fingerprint density at radius 2 is 1.65 bits per heavy atom. The number of ether oxygens (including phenoxy) is 2. The van der Waals surface area contributed by atoms with E-state index in [9.17, 15) is 4.79 Å². The molecule has 3 rings (SSSR count). The number of nitrogens with one attached hydrogen (secondary N) is 1. The summed E-state index contributed by atoms with van der Waals surface area (Å²) in [4.78, 5) is 12.3. The summed E-state index contributed by atoms with van der Waals surface area (Å²) in [5, 5.41) is 2.97. The lowest BCUT2D eigenvalue weighted by Gasteiger charge is -2.15. The number of amides is 1. The summed E-state index contributed by atoms with van der Waals surface area (Å²) in [6, 6.07) is 11.5. The molecule has 0 saturated carbocycles. The highest BCUT2D eigenvalue weighted by molar-refractivity contribution is 5.98. The number of hydrogen-bond donors (Lipinski definition) is 1. The standard InChI is InChI=1S/C19H19NO3/c1-22-17-11-14-8-7-13-5-3-4-6-16(13)19(21)20-10-9-15(14)12-18(17)23-2/h3-8,11-12H,9-10H2,1-2H3,(H,20,21)/b8-7+. The zero-order valence-corrected chi connectivity index (χ0v) is 13.3. The van der Waals surface area contributed by atoms with Crippen LogP contribution in [0.3, 0.4) is 0 Å². The first kappa shape index (κ1) is 15.2. The SMILES string of the molecule is COc1cc2c(cc1OC)CCNC(=O)c1ccccc1/C=C/2. The van der Waals surface area contributed by atoms with E-state index in [1.807, 2.05) is 48.6 Å². The van der Waals surface area contributed by atoms with Crippen molar-refractivity contribution < 1.29 is 14.3 Å². The third kappa shape index (κ3) is 3.06. The quantitative estimate of drug-likeness (QED) is 0.927. The van der Waals surface area contributed by atoms with Gasteiger partial charge in [0, 0.05) is 12.1 Å². The molecule has 2 aromatic rings. The van der Waals surface area contributed by atoms with Crippen LogP contribution in [-0.4, -0.2) is 26.7 Å². The number of carbonyl (C=O) groups excluding carboxylic acids is 1. The van der Waals surface area contributed by atoms with Gasteiger partial charge in [-0.2, -0.15) is 0 Å². The van der Waals surface area contributed by atoms with Crippen LogP contribution in [0.2, 0.25) is 0 Å². The van der Waals surface area contributed by atoms with Crippen molar-refractivity contribution in [3.63, 3.8) is 0 Å². The van der Waals surface area contributed by atoms with E-state index in [-0.39, 0.29) is 5.91 Å². The molecule has 118 valence electrons. The molecule has 1 amide bonds. The molecule has 1 N–H and O–H groups in total. The van der Waals surface area contributed by atoms with E-state index in [1.54, 1.807) is 14.2 Å². The number of benzene rings is 2. The van der Waals surface area contributed by atoms with Crippen molar-refractivity contribution in [1.82, 2.24) is 5.32 Å². The summed E-state index contributed by atoms with van der Waals surface area (Å²) in [6.45, 7) is 0.573. The molecule has 0 aromatic heterocycles. The molecule has 0 radical (unpaired) electrons.